The van der Waals surface area contributed by atoms with E-state index in [2.05, 4.69) is 9.59 Å². The number of rotatable bonds is 3. The summed E-state index contributed by atoms with van der Waals surface area (Å²) in [5.41, 5.74) is 0.365. The van der Waals surface area contributed by atoms with Gasteiger partial charge >= 0.3 is 0 Å². The highest BCUT2D eigenvalue weighted by atomic mass is 32.2. The van der Waals surface area contributed by atoms with Crippen molar-refractivity contribution in [3.63, 3.8) is 0 Å². The second-order valence-electron chi connectivity index (χ2n) is 5.86. The first-order valence-corrected chi connectivity index (χ1v) is 9.51. The van der Waals surface area contributed by atoms with Crippen molar-refractivity contribution in [1.82, 2.24) is 18.8 Å². The average Bonchev–Trinajstić information content (AvgIpc) is 2.91. The molecule has 1 aromatic rings. The first kappa shape index (κ1) is 13.6. The van der Waals surface area contributed by atoms with Crippen molar-refractivity contribution in [3.05, 3.63) is 11.1 Å². The van der Waals surface area contributed by atoms with Gasteiger partial charge in [-0.3, -0.25) is 4.79 Å². The van der Waals surface area contributed by atoms with Gasteiger partial charge in [0.15, 0.2) is 5.69 Å². The van der Waals surface area contributed by atoms with E-state index >= 15 is 0 Å². The van der Waals surface area contributed by atoms with E-state index in [-0.39, 0.29) is 23.2 Å². The Labute approximate surface area is 127 Å². The van der Waals surface area contributed by atoms with Crippen molar-refractivity contribution in [2.24, 2.45) is 0 Å². The van der Waals surface area contributed by atoms with Gasteiger partial charge < -0.3 is 4.90 Å². The van der Waals surface area contributed by atoms with Crippen molar-refractivity contribution in [3.8, 4) is 0 Å². The maximum Gasteiger partial charge on any atom is 0.275 e. The minimum atomic E-state index is -3.15. The fourth-order valence-electron chi connectivity index (χ4n) is 3.48. The Morgan fingerprint density at radius 2 is 1.95 bits per heavy atom. The molecule has 9 heteroatoms. The highest BCUT2D eigenvalue weighted by molar-refractivity contribution is 7.90. The molecule has 1 aliphatic carbocycles. The molecule has 7 nitrogen and oxygen atoms in total. The molecule has 4 rings (SSSR count). The molecule has 0 spiro atoms. The van der Waals surface area contributed by atoms with Gasteiger partial charge in [-0.1, -0.05) is 4.49 Å². The van der Waals surface area contributed by atoms with Crippen LogP contribution < -0.4 is 0 Å². The summed E-state index contributed by atoms with van der Waals surface area (Å²) < 4.78 is 30.3. The van der Waals surface area contributed by atoms with Crippen LogP contribution in [0.3, 0.4) is 0 Å². The molecule has 3 heterocycles. The number of likely N-dealkylation sites (tertiary alicyclic amines) is 1. The summed E-state index contributed by atoms with van der Waals surface area (Å²) in [7, 11) is -3.15. The largest absolute Gasteiger partial charge is 0.333 e. The molecule has 2 atom stereocenters. The number of sulfonamides is 1. The third-order valence-corrected chi connectivity index (χ3v) is 7.56. The van der Waals surface area contributed by atoms with Gasteiger partial charge in [0.2, 0.25) is 10.0 Å². The number of hydrogen-bond acceptors (Lipinski definition) is 6. The summed E-state index contributed by atoms with van der Waals surface area (Å²) in [4.78, 5) is 14.2. The molecule has 3 aliphatic rings. The van der Waals surface area contributed by atoms with Gasteiger partial charge in [-0.2, -0.15) is 4.31 Å². The topological polar surface area (TPSA) is 83.5 Å². The molecule has 21 heavy (non-hydrogen) atoms. The summed E-state index contributed by atoms with van der Waals surface area (Å²) in [5, 5.41) is 5.29. The van der Waals surface area contributed by atoms with E-state index in [0.29, 0.717) is 18.8 Å². The molecule has 3 fully saturated rings. The Hall–Kier alpha value is -1.06. The van der Waals surface area contributed by atoms with Crippen LogP contribution in [0.2, 0.25) is 0 Å². The predicted molar refractivity (Wildman–Crippen MR) is 76.4 cm³/mol. The number of nitrogens with zero attached hydrogens (tertiary/aromatic N) is 4. The molecule has 1 aromatic heterocycles. The number of hydrogen-bond donors (Lipinski definition) is 0. The highest BCUT2D eigenvalue weighted by Gasteiger charge is 2.52. The van der Waals surface area contributed by atoms with Crippen molar-refractivity contribution < 1.29 is 13.2 Å². The summed E-state index contributed by atoms with van der Waals surface area (Å²) in [5.74, 6) is -0.123. The van der Waals surface area contributed by atoms with Gasteiger partial charge in [-0.05, 0) is 37.2 Å². The van der Waals surface area contributed by atoms with Crippen LogP contribution in [-0.4, -0.2) is 63.5 Å². The minimum Gasteiger partial charge on any atom is -0.333 e. The van der Waals surface area contributed by atoms with E-state index in [4.69, 9.17) is 0 Å². The Morgan fingerprint density at radius 3 is 2.62 bits per heavy atom. The number of amides is 1. The zero-order valence-corrected chi connectivity index (χ0v) is 13.0. The standard InChI is InChI=1S/C12H16N4O3S2/c17-12(9-7-20-14-13-9)15-5-3-11-10(15)4-6-16(11)21(18,19)8-1-2-8/h7-8,10-11H,1-6H2/t10-,11+/m1/s1. The summed E-state index contributed by atoms with van der Waals surface area (Å²) in [6, 6.07) is -0.0566. The quantitative estimate of drug-likeness (QED) is 0.798. The lowest BCUT2D eigenvalue weighted by atomic mass is 10.1. The second kappa shape index (κ2) is 4.72. The lowest BCUT2D eigenvalue weighted by molar-refractivity contribution is 0.0729. The third kappa shape index (κ3) is 2.09. The van der Waals surface area contributed by atoms with Gasteiger partial charge in [0.05, 0.1) is 11.3 Å². The van der Waals surface area contributed by atoms with E-state index in [1.54, 1.807) is 14.6 Å². The molecule has 0 radical (unpaired) electrons. The Balaban J connectivity index is 1.55. The van der Waals surface area contributed by atoms with Crippen LogP contribution >= 0.6 is 11.5 Å². The van der Waals surface area contributed by atoms with Crippen LogP contribution in [0, 0.1) is 0 Å². The molecule has 2 aliphatic heterocycles. The van der Waals surface area contributed by atoms with E-state index < -0.39 is 10.0 Å². The summed E-state index contributed by atoms with van der Waals surface area (Å²) >= 11 is 1.15. The van der Waals surface area contributed by atoms with Crippen molar-refractivity contribution in [1.29, 1.82) is 0 Å². The highest BCUT2D eigenvalue weighted by Crippen LogP contribution is 2.39. The first-order valence-electron chi connectivity index (χ1n) is 7.18. The van der Waals surface area contributed by atoms with Crippen LogP contribution in [0.1, 0.15) is 36.2 Å². The maximum atomic E-state index is 12.4. The smallest absolute Gasteiger partial charge is 0.275 e. The first-order chi connectivity index (χ1) is 10.1. The van der Waals surface area contributed by atoms with Gasteiger partial charge in [-0.25, -0.2) is 8.42 Å². The van der Waals surface area contributed by atoms with Crippen LogP contribution in [0.15, 0.2) is 5.38 Å². The molecule has 1 amide bonds. The van der Waals surface area contributed by atoms with E-state index in [1.165, 1.54) is 0 Å². The zero-order valence-electron chi connectivity index (χ0n) is 11.4. The fraction of sp³-hybridized carbons (Fsp3) is 0.750. The van der Waals surface area contributed by atoms with E-state index in [0.717, 1.165) is 37.2 Å². The summed E-state index contributed by atoms with van der Waals surface area (Å²) in [6.07, 6.45) is 3.01. The molecule has 0 bridgehead atoms. The molecule has 2 saturated heterocycles. The lowest BCUT2D eigenvalue weighted by Gasteiger charge is -2.24. The monoisotopic (exact) mass is 328 g/mol. The number of fused-ring (bicyclic) bond motifs is 1. The molecular weight excluding hydrogens is 312 g/mol. The SMILES string of the molecule is O=C(c1csnn1)N1CC[C@H]2[C@H]1CCN2S(=O)(=O)C1CC1. The van der Waals surface area contributed by atoms with Crippen LogP contribution in [0.4, 0.5) is 0 Å². The lowest BCUT2D eigenvalue weighted by Crippen LogP contribution is -2.42. The normalized spacial score (nSPS) is 29.8. The van der Waals surface area contributed by atoms with Crippen LogP contribution in [-0.2, 0) is 10.0 Å². The Bertz CT molecular complexity index is 656. The predicted octanol–water partition coefficient (Wildman–Crippen LogP) is 0.319. The zero-order chi connectivity index (χ0) is 14.6. The molecule has 114 valence electrons. The summed E-state index contributed by atoms with van der Waals surface area (Å²) in [6.45, 7) is 1.13. The number of aromatic nitrogens is 2. The van der Waals surface area contributed by atoms with Gasteiger partial charge in [0.25, 0.3) is 5.91 Å². The van der Waals surface area contributed by atoms with Crippen molar-refractivity contribution >= 4 is 27.5 Å². The van der Waals surface area contributed by atoms with Crippen molar-refractivity contribution in [2.75, 3.05) is 13.1 Å². The maximum absolute atomic E-state index is 12.4. The average molecular weight is 328 g/mol. The van der Waals surface area contributed by atoms with Crippen molar-refractivity contribution in [2.45, 2.75) is 43.0 Å². The Morgan fingerprint density at radius 1 is 1.19 bits per heavy atom. The van der Waals surface area contributed by atoms with E-state index in [9.17, 15) is 13.2 Å². The van der Waals surface area contributed by atoms with E-state index in [1.807, 2.05) is 0 Å². The van der Waals surface area contributed by atoms with Gasteiger partial charge in [0.1, 0.15) is 0 Å². The fourth-order valence-corrected chi connectivity index (χ4v) is 6.01. The van der Waals surface area contributed by atoms with Crippen LogP contribution in [0.25, 0.3) is 0 Å². The molecule has 0 aromatic carbocycles. The third-order valence-electron chi connectivity index (χ3n) is 4.64. The molecular formula is C12H16N4O3S2. The number of carbonyl (C=O) groups excluding carboxylic acids is 1. The Kier molecular flexibility index (Phi) is 3.05. The number of carbonyl (C=O) groups is 1. The van der Waals surface area contributed by atoms with Gasteiger partial charge in [0, 0.05) is 24.5 Å². The van der Waals surface area contributed by atoms with Gasteiger partial charge in [-0.15, -0.1) is 5.10 Å². The molecule has 0 N–H and O–H groups in total. The van der Waals surface area contributed by atoms with Crippen LogP contribution in [0.5, 0.6) is 0 Å². The minimum absolute atomic E-state index is 0.00674. The molecule has 1 saturated carbocycles. The molecule has 0 unspecified atom stereocenters. The second-order valence-corrected chi connectivity index (χ2v) is 8.63.